The number of halogens is 1. The van der Waals surface area contributed by atoms with E-state index in [4.69, 9.17) is 4.74 Å². The van der Waals surface area contributed by atoms with Crippen LogP contribution < -0.4 is 15.5 Å². The fourth-order valence-corrected chi connectivity index (χ4v) is 2.59. The van der Waals surface area contributed by atoms with Gasteiger partial charge in [-0.25, -0.2) is 0 Å². The lowest BCUT2D eigenvalue weighted by Gasteiger charge is -2.27. The summed E-state index contributed by atoms with van der Waals surface area (Å²) in [6.45, 7) is 7.21. The van der Waals surface area contributed by atoms with Gasteiger partial charge in [-0.3, -0.25) is 0 Å². The summed E-state index contributed by atoms with van der Waals surface area (Å²) >= 11 is 2.28. The second-order valence-electron chi connectivity index (χ2n) is 5.18. The second-order valence-corrected chi connectivity index (χ2v) is 6.43. The van der Waals surface area contributed by atoms with Crippen molar-refractivity contribution >= 4 is 46.1 Å². The molecule has 0 radical (unpaired) electrons. The van der Waals surface area contributed by atoms with Gasteiger partial charge in [0.15, 0.2) is 0 Å². The molecule has 24 heavy (non-hydrogen) atoms. The van der Waals surface area contributed by atoms with E-state index in [0.717, 1.165) is 18.8 Å². The number of aromatic nitrogens is 3. The number of hydrogen-bond acceptors (Lipinski definition) is 7. The normalized spacial score (nSPS) is 14.3. The standard InChI is InChI=1S/C16H19IN6O/c1-2-7-18-14-20-15(19-13-5-3-12(17)4-6-13)22-16(21-14)23-8-10-24-11-9-23/h2-6H,1,7-11H2,(H2,18,19,20,21,22). The zero-order chi connectivity index (χ0) is 16.8. The van der Waals surface area contributed by atoms with Crippen LogP contribution in [0.4, 0.5) is 23.5 Å². The number of rotatable bonds is 6. The first kappa shape index (κ1) is 16.9. The Labute approximate surface area is 154 Å². The van der Waals surface area contributed by atoms with Gasteiger partial charge in [-0.05, 0) is 46.9 Å². The molecule has 1 aromatic carbocycles. The van der Waals surface area contributed by atoms with E-state index in [-0.39, 0.29) is 0 Å². The molecule has 8 heteroatoms. The molecule has 0 unspecified atom stereocenters. The molecule has 2 aromatic rings. The van der Waals surface area contributed by atoms with Crippen LogP contribution in [-0.2, 0) is 4.74 Å². The molecule has 0 saturated carbocycles. The molecular weight excluding hydrogens is 419 g/mol. The summed E-state index contributed by atoms with van der Waals surface area (Å²) in [6, 6.07) is 8.06. The Hall–Kier alpha value is -1.94. The number of nitrogens with zero attached hydrogens (tertiary/aromatic N) is 4. The minimum Gasteiger partial charge on any atom is -0.378 e. The highest BCUT2D eigenvalue weighted by molar-refractivity contribution is 14.1. The van der Waals surface area contributed by atoms with Crippen molar-refractivity contribution in [2.75, 3.05) is 48.4 Å². The van der Waals surface area contributed by atoms with Crippen molar-refractivity contribution in [1.82, 2.24) is 15.0 Å². The van der Waals surface area contributed by atoms with Crippen LogP contribution in [0.15, 0.2) is 36.9 Å². The van der Waals surface area contributed by atoms with E-state index in [1.807, 2.05) is 24.3 Å². The lowest BCUT2D eigenvalue weighted by Crippen LogP contribution is -2.37. The van der Waals surface area contributed by atoms with Crippen molar-refractivity contribution in [3.05, 3.63) is 40.5 Å². The first-order chi connectivity index (χ1) is 11.7. The van der Waals surface area contributed by atoms with Crippen LogP contribution in [0.25, 0.3) is 0 Å². The van der Waals surface area contributed by atoms with Gasteiger partial charge in [0.1, 0.15) is 0 Å². The van der Waals surface area contributed by atoms with E-state index in [0.29, 0.717) is 37.6 Å². The summed E-state index contributed by atoms with van der Waals surface area (Å²) in [5.74, 6) is 1.69. The Morgan fingerprint density at radius 1 is 1.12 bits per heavy atom. The van der Waals surface area contributed by atoms with Crippen LogP contribution in [-0.4, -0.2) is 47.8 Å². The molecule has 1 aliphatic rings. The van der Waals surface area contributed by atoms with Gasteiger partial charge in [-0.15, -0.1) is 6.58 Å². The van der Waals surface area contributed by atoms with E-state index in [9.17, 15) is 0 Å². The molecule has 3 rings (SSSR count). The first-order valence-electron chi connectivity index (χ1n) is 7.71. The maximum atomic E-state index is 5.40. The average molecular weight is 438 g/mol. The summed E-state index contributed by atoms with van der Waals surface area (Å²) < 4.78 is 6.57. The minimum absolute atomic E-state index is 0.513. The van der Waals surface area contributed by atoms with Crippen molar-refractivity contribution in [3.8, 4) is 0 Å². The molecule has 2 N–H and O–H groups in total. The molecule has 0 spiro atoms. The molecule has 2 heterocycles. The van der Waals surface area contributed by atoms with E-state index in [1.54, 1.807) is 6.08 Å². The Balaban J connectivity index is 1.85. The number of ether oxygens (including phenoxy) is 1. The zero-order valence-electron chi connectivity index (χ0n) is 13.2. The fraction of sp³-hybridized carbons (Fsp3) is 0.312. The minimum atomic E-state index is 0.513. The lowest BCUT2D eigenvalue weighted by atomic mass is 10.3. The SMILES string of the molecule is C=CCNc1nc(Nc2ccc(I)cc2)nc(N2CCOCC2)n1. The molecule has 1 aliphatic heterocycles. The molecule has 1 aromatic heterocycles. The quantitative estimate of drug-likeness (QED) is 0.531. The summed E-state index contributed by atoms with van der Waals surface area (Å²) in [4.78, 5) is 15.6. The van der Waals surface area contributed by atoms with Crippen molar-refractivity contribution in [2.45, 2.75) is 0 Å². The Morgan fingerprint density at radius 2 is 1.83 bits per heavy atom. The van der Waals surface area contributed by atoms with E-state index in [2.05, 4.69) is 59.7 Å². The van der Waals surface area contributed by atoms with E-state index < -0.39 is 0 Å². The summed E-state index contributed by atoms with van der Waals surface area (Å²) in [6.07, 6.45) is 1.77. The van der Waals surface area contributed by atoms with Gasteiger partial charge in [0.25, 0.3) is 0 Å². The van der Waals surface area contributed by atoms with Gasteiger partial charge >= 0.3 is 0 Å². The van der Waals surface area contributed by atoms with Crippen molar-refractivity contribution in [3.63, 3.8) is 0 Å². The summed E-state index contributed by atoms with van der Waals surface area (Å²) in [5, 5.41) is 6.37. The Kier molecular flexibility index (Phi) is 5.81. The van der Waals surface area contributed by atoms with Gasteiger partial charge in [0.2, 0.25) is 17.8 Å². The van der Waals surface area contributed by atoms with Crippen molar-refractivity contribution in [1.29, 1.82) is 0 Å². The van der Waals surface area contributed by atoms with Crippen molar-refractivity contribution < 1.29 is 4.74 Å². The van der Waals surface area contributed by atoms with Crippen LogP contribution >= 0.6 is 22.6 Å². The van der Waals surface area contributed by atoms with Gasteiger partial charge < -0.3 is 20.3 Å². The van der Waals surface area contributed by atoms with Gasteiger partial charge in [-0.1, -0.05) is 6.08 Å². The molecule has 126 valence electrons. The van der Waals surface area contributed by atoms with Gasteiger partial charge in [0.05, 0.1) is 13.2 Å². The molecule has 0 atom stereocenters. The highest BCUT2D eigenvalue weighted by Crippen LogP contribution is 2.19. The van der Waals surface area contributed by atoms with Crippen LogP contribution in [0.1, 0.15) is 0 Å². The number of anilines is 4. The maximum Gasteiger partial charge on any atom is 0.233 e. The summed E-state index contributed by atoms with van der Waals surface area (Å²) in [5.41, 5.74) is 0.934. The molecule has 1 saturated heterocycles. The Bertz CT molecular complexity index is 687. The maximum absolute atomic E-state index is 5.40. The smallest absolute Gasteiger partial charge is 0.233 e. The highest BCUT2D eigenvalue weighted by Gasteiger charge is 2.16. The van der Waals surface area contributed by atoms with E-state index >= 15 is 0 Å². The molecule has 0 aliphatic carbocycles. The van der Waals surface area contributed by atoms with Gasteiger partial charge in [-0.2, -0.15) is 15.0 Å². The summed E-state index contributed by atoms with van der Waals surface area (Å²) in [7, 11) is 0. The number of morpholine rings is 1. The third-order valence-corrected chi connectivity index (χ3v) is 4.14. The molecule has 7 nitrogen and oxygen atoms in total. The number of hydrogen-bond donors (Lipinski definition) is 2. The largest absolute Gasteiger partial charge is 0.378 e. The number of benzene rings is 1. The molecule has 1 fully saturated rings. The lowest BCUT2D eigenvalue weighted by molar-refractivity contribution is 0.122. The predicted octanol–water partition coefficient (Wildman–Crippen LogP) is 2.65. The zero-order valence-corrected chi connectivity index (χ0v) is 15.4. The molecular formula is C16H19IN6O. The fourth-order valence-electron chi connectivity index (χ4n) is 2.23. The topological polar surface area (TPSA) is 75.2 Å². The third-order valence-electron chi connectivity index (χ3n) is 3.42. The van der Waals surface area contributed by atoms with E-state index in [1.165, 1.54) is 3.57 Å². The Morgan fingerprint density at radius 3 is 2.54 bits per heavy atom. The number of nitrogens with one attached hydrogen (secondary N) is 2. The monoisotopic (exact) mass is 438 g/mol. The third kappa shape index (κ3) is 4.54. The van der Waals surface area contributed by atoms with Crippen LogP contribution in [0.3, 0.4) is 0 Å². The molecule has 0 amide bonds. The molecule has 0 bridgehead atoms. The van der Waals surface area contributed by atoms with Crippen LogP contribution in [0.2, 0.25) is 0 Å². The van der Waals surface area contributed by atoms with Crippen LogP contribution in [0.5, 0.6) is 0 Å². The van der Waals surface area contributed by atoms with Crippen molar-refractivity contribution in [2.24, 2.45) is 0 Å². The highest BCUT2D eigenvalue weighted by atomic mass is 127. The van der Waals surface area contributed by atoms with Crippen LogP contribution in [0, 0.1) is 3.57 Å². The predicted molar refractivity (Wildman–Crippen MR) is 104 cm³/mol. The first-order valence-corrected chi connectivity index (χ1v) is 8.78. The second kappa shape index (κ2) is 8.25. The van der Waals surface area contributed by atoms with Gasteiger partial charge in [0, 0.05) is 28.9 Å². The average Bonchev–Trinajstić information content (AvgIpc) is 2.62.